The minimum Gasteiger partial charge on any atom is -0.497 e. The molecule has 3 aromatic rings. The van der Waals surface area contributed by atoms with E-state index < -0.39 is 17.8 Å². The normalized spacial score (nSPS) is 10.4. The zero-order valence-corrected chi connectivity index (χ0v) is 18.5. The van der Waals surface area contributed by atoms with Crippen molar-refractivity contribution in [1.29, 1.82) is 0 Å². The molecule has 162 valence electrons. The molecule has 8 nitrogen and oxygen atoms in total. The molecule has 0 aromatic heterocycles. The van der Waals surface area contributed by atoms with E-state index in [1.807, 2.05) is 0 Å². The van der Waals surface area contributed by atoms with Gasteiger partial charge in [0.05, 0.1) is 18.9 Å². The van der Waals surface area contributed by atoms with Crippen molar-refractivity contribution in [3.8, 4) is 11.5 Å². The lowest BCUT2D eigenvalue weighted by Crippen LogP contribution is -2.32. The van der Waals surface area contributed by atoms with Crippen molar-refractivity contribution in [2.75, 3.05) is 12.4 Å². The summed E-state index contributed by atoms with van der Waals surface area (Å²) in [5, 5.41) is 6.25. The zero-order valence-electron chi connectivity index (χ0n) is 16.9. The fourth-order valence-corrected chi connectivity index (χ4v) is 2.90. The minimum absolute atomic E-state index is 0.223. The molecular formula is C23H18BrN3O5. The molecule has 0 atom stereocenters. The summed E-state index contributed by atoms with van der Waals surface area (Å²) < 4.78 is 11.2. The molecule has 9 heteroatoms. The third-order valence-corrected chi connectivity index (χ3v) is 4.60. The van der Waals surface area contributed by atoms with Crippen LogP contribution in [0.3, 0.4) is 0 Å². The molecule has 0 spiro atoms. The lowest BCUT2D eigenvalue weighted by molar-refractivity contribution is -0.136. The fraction of sp³-hybridized carbons (Fsp3) is 0.0435. The Hall–Kier alpha value is -3.98. The van der Waals surface area contributed by atoms with E-state index in [1.165, 1.54) is 13.3 Å². The van der Waals surface area contributed by atoms with Gasteiger partial charge in [0, 0.05) is 15.7 Å². The summed E-state index contributed by atoms with van der Waals surface area (Å²) in [5.74, 6) is -1.55. The summed E-state index contributed by atoms with van der Waals surface area (Å²) in [7, 11) is 1.53. The van der Waals surface area contributed by atoms with Crippen LogP contribution in [0, 0.1) is 0 Å². The first-order chi connectivity index (χ1) is 15.5. The number of carbonyl (C=O) groups excluding carboxylic acids is 3. The molecular weight excluding hydrogens is 478 g/mol. The predicted octanol–water partition coefficient (Wildman–Crippen LogP) is 3.77. The van der Waals surface area contributed by atoms with Crippen LogP contribution in [0.5, 0.6) is 11.5 Å². The van der Waals surface area contributed by atoms with Crippen molar-refractivity contribution in [3.63, 3.8) is 0 Å². The molecule has 0 saturated heterocycles. The monoisotopic (exact) mass is 495 g/mol. The molecule has 3 aromatic carbocycles. The molecule has 0 aliphatic rings. The van der Waals surface area contributed by atoms with Gasteiger partial charge in [0.25, 0.3) is 0 Å². The van der Waals surface area contributed by atoms with E-state index in [1.54, 1.807) is 72.8 Å². The van der Waals surface area contributed by atoms with E-state index >= 15 is 0 Å². The number of amides is 2. The average molecular weight is 496 g/mol. The highest BCUT2D eigenvalue weighted by Gasteiger charge is 2.14. The molecule has 2 amide bonds. The Balaban J connectivity index is 1.66. The van der Waals surface area contributed by atoms with Crippen LogP contribution in [0.25, 0.3) is 0 Å². The van der Waals surface area contributed by atoms with E-state index in [4.69, 9.17) is 9.47 Å². The highest BCUT2D eigenvalue weighted by molar-refractivity contribution is 9.10. The number of esters is 1. The Bertz CT molecular complexity index is 1150. The van der Waals surface area contributed by atoms with E-state index in [9.17, 15) is 14.4 Å². The molecule has 32 heavy (non-hydrogen) atoms. The van der Waals surface area contributed by atoms with Crippen LogP contribution in [0.4, 0.5) is 5.69 Å². The van der Waals surface area contributed by atoms with Crippen molar-refractivity contribution >= 4 is 45.6 Å². The number of ether oxygens (including phenoxy) is 2. The Labute approximate surface area is 192 Å². The average Bonchev–Trinajstić information content (AvgIpc) is 2.81. The van der Waals surface area contributed by atoms with E-state index in [0.29, 0.717) is 27.0 Å². The lowest BCUT2D eigenvalue weighted by Gasteiger charge is -2.08. The molecule has 0 aliphatic heterocycles. The molecule has 0 bridgehead atoms. The number of nitrogens with zero attached hydrogens (tertiary/aromatic N) is 1. The Morgan fingerprint density at radius 3 is 2.34 bits per heavy atom. The number of rotatable bonds is 6. The standard InChI is InChI=1S/C23H18BrN3O5/c1-31-19-10-7-15(8-11-19)23(30)32-20-12-9-17(24)13-16(20)14-25-27-22(29)21(28)26-18-5-3-2-4-6-18/h2-14H,1H3,(H,26,28)(H,27,29)/b25-14+. The quantitative estimate of drug-likeness (QED) is 0.178. The Morgan fingerprint density at radius 2 is 1.66 bits per heavy atom. The summed E-state index contributed by atoms with van der Waals surface area (Å²) >= 11 is 3.34. The van der Waals surface area contributed by atoms with E-state index in [0.717, 1.165) is 0 Å². The highest BCUT2D eigenvalue weighted by Crippen LogP contribution is 2.23. The van der Waals surface area contributed by atoms with Crippen molar-refractivity contribution in [1.82, 2.24) is 5.43 Å². The van der Waals surface area contributed by atoms with Gasteiger partial charge in [-0.3, -0.25) is 9.59 Å². The number of nitrogens with one attached hydrogen (secondary N) is 2. The van der Waals surface area contributed by atoms with Crippen LogP contribution in [0.1, 0.15) is 15.9 Å². The molecule has 0 radical (unpaired) electrons. The second-order valence-corrected chi connectivity index (χ2v) is 7.24. The molecule has 0 fully saturated rings. The summed E-state index contributed by atoms with van der Waals surface area (Å²) in [6.45, 7) is 0. The van der Waals surface area contributed by atoms with Gasteiger partial charge < -0.3 is 14.8 Å². The van der Waals surface area contributed by atoms with Gasteiger partial charge >= 0.3 is 17.8 Å². The minimum atomic E-state index is -0.947. The van der Waals surface area contributed by atoms with E-state index in [-0.39, 0.29) is 5.75 Å². The third-order valence-electron chi connectivity index (χ3n) is 4.11. The number of hydrogen-bond donors (Lipinski definition) is 2. The van der Waals surface area contributed by atoms with Gasteiger partial charge in [0.2, 0.25) is 0 Å². The first-order valence-electron chi connectivity index (χ1n) is 9.31. The highest BCUT2D eigenvalue weighted by atomic mass is 79.9. The molecule has 2 N–H and O–H groups in total. The van der Waals surface area contributed by atoms with Gasteiger partial charge in [-0.05, 0) is 54.6 Å². The largest absolute Gasteiger partial charge is 0.497 e. The van der Waals surface area contributed by atoms with Crippen molar-refractivity contribution in [3.05, 3.63) is 88.4 Å². The van der Waals surface area contributed by atoms with Crippen molar-refractivity contribution in [2.45, 2.75) is 0 Å². The molecule has 0 saturated carbocycles. The summed E-state index contributed by atoms with van der Waals surface area (Å²) in [6, 6.07) is 19.9. The molecule has 0 heterocycles. The number of para-hydroxylation sites is 1. The predicted molar refractivity (Wildman–Crippen MR) is 123 cm³/mol. The third kappa shape index (κ3) is 6.26. The van der Waals surface area contributed by atoms with Crippen molar-refractivity contribution < 1.29 is 23.9 Å². The van der Waals surface area contributed by atoms with Crippen LogP contribution < -0.4 is 20.2 Å². The van der Waals surface area contributed by atoms with Gasteiger partial charge in [-0.25, -0.2) is 10.2 Å². The maximum atomic E-state index is 12.5. The van der Waals surface area contributed by atoms with Crippen LogP contribution in [-0.2, 0) is 9.59 Å². The van der Waals surface area contributed by atoms with Gasteiger partial charge in [-0.15, -0.1) is 0 Å². The summed E-state index contributed by atoms with van der Waals surface area (Å²) in [5.41, 5.74) is 3.37. The Morgan fingerprint density at radius 1 is 0.938 bits per heavy atom. The second kappa shape index (κ2) is 10.9. The van der Waals surface area contributed by atoms with Crippen LogP contribution in [0.2, 0.25) is 0 Å². The second-order valence-electron chi connectivity index (χ2n) is 6.32. The smallest absolute Gasteiger partial charge is 0.343 e. The fourth-order valence-electron chi connectivity index (χ4n) is 2.52. The Kier molecular flexibility index (Phi) is 7.71. The first kappa shape index (κ1) is 22.7. The topological polar surface area (TPSA) is 106 Å². The summed E-state index contributed by atoms with van der Waals surface area (Å²) in [6.07, 6.45) is 1.27. The molecule has 0 unspecified atom stereocenters. The van der Waals surface area contributed by atoms with Gasteiger partial charge in [0.1, 0.15) is 11.5 Å². The summed E-state index contributed by atoms with van der Waals surface area (Å²) in [4.78, 5) is 36.4. The number of hydrogen-bond acceptors (Lipinski definition) is 6. The van der Waals surface area contributed by atoms with Crippen LogP contribution >= 0.6 is 15.9 Å². The number of anilines is 1. The number of benzene rings is 3. The van der Waals surface area contributed by atoms with Gasteiger partial charge in [0.15, 0.2) is 0 Å². The SMILES string of the molecule is COc1ccc(C(=O)Oc2ccc(Br)cc2/C=N/NC(=O)C(=O)Nc2ccccc2)cc1. The lowest BCUT2D eigenvalue weighted by atomic mass is 10.2. The maximum absolute atomic E-state index is 12.5. The number of halogens is 1. The number of hydrazone groups is 1. The van der Waals surface area contributed by atoms with Crippen molar-refractivity contribution in [2.24, 2.45) is 5.10 Å². The number of methoxy groups -OCH3 is 1. The molecule has 3 rings (SSSR count). The van der Waals surface area contributed by atoms with Crippen LogP contribution in [-0.4, -0.2) is 31.1 Å². The zero-order chi connectivity index (χ0) is 22.9. The number of carbonyl (C=O) groups is 3. The van der Waals surface area contributed by atoms with Gasteiger partial charge in [-0.1, -0.05) is 34.1 Å². The van der Waals surface area contributed by atoms with Crippen LogP contribution in [0.15, 0.2) is 82.4 Å². The van der Waals surface area contributed by atoms with Gasteiger partial charge in [-0.2, -0.15) is 5.10 Å². The first-order valence-corrected chi connectivity index (χ1v) is 10.1. The maximum Gasteiger partial charge on any atom is 0.343 e. The molecule has 0 aliphatic carbocycles. The van der Waals surface area contributed by atoms with E-state index in [2.05, 4.69) is 31.8 Å².